The molecule has 0 heterocycles. The monoisotopic (exact) mass is 260 g/mol. The highest BCUT2D eigenvalue weighted by Gasteiger charge is 2.32. The number of benzene rings is 2. The maximum absolute atomic E-state index is 11.3. The molecule has 0 aliphatic carbocycles. The Morgan fingerprint density at radius 2 is 1.89 bits per heavy atom. The van der Waals surface area contributed by atoms with E-state index in [0.717, 1.165) is 10.8 Å². The maximum atomic E-state index is 11.3. The van der Waals surface area contributed by atoms with Gasteiger partial charge in [0.05, 0.1) is 7.11 Å². The van der Waals surface area contributed by atoms with Crippen molar-refractivity contribution in [1.29, 1.82) is 0 Å². The molecule has 0 amide bonds. The molecule has 0 bridgehead atoms. The standard InChI is InChI=1S/C15H16O4/c1-15(17,14(16)18-2)10-19-13-8-7-11-5-3-4-6-12(11)9-13/h3-9,17H,10H2,1-2H3. The van der Waals surface area contributed by atoms with Crippen molar-refractivity contribution < 1.29 is 19.4 Å². The molecule has 0 fully saturated rings. The second kappa shape index (κ2) is 5.28. The summed E-state index contributed by atoms with van der Waals surface area (Å²) in [5.74, 6) is -0.115. The van der Waals surface area contributed by atoms with Crippen molar-refractivity contribution in [3.8, 4) is 5.75 Å². The molecular weight excluding hydrogens is 244 g/mol. The minimum atomic E-state index is -1.65. The Morgan fingerprint density at radius 1 is 1.21 bits per heavy atom. The van der Waals surface area contributed by atoms with Gasteiger partial charge >= 0.3 is 5.97 Å². The van der Waals surface area contributed by atoms with E-state index in [0.29, 0.717) is 5.75 Å². The third kappa shape index (κ3) is 3.03. The van der Waals surface area contributed by atoms with Crippen LogP contribution >= 0.6 is 0 Å². The second-order valence-electron chi connectivity index (χ2n) is 4.56. The van der Waals surface area contributed by atoms with Gasteiger partial charge in [0.1, 0.15) is 12.4 Å². The van der Waals surface area contributed by atoms with Gasteiger partial charge in [0, 0.05) is 0 Å². The summed E-state index contributed by atoms with van der Waals surface area (Å²) in [7, 11) is 1.23. The molecule has 0 aliphatic heterocycles. The van der Waals surface area contributed by atoms with E-state index in [9.17, 15) is 9.90 Å². The van der Waals surface area contributed by atoms with Gasteiger partial charge < -0.3 is 14.6 Å². The zero-order valence-electron chi connectivity index (χ0n) is 10.9. The minimum Gasteiger partial charge on any atom is -0.490 e. The Morgan fingerprint density at radius 3 is 2.58 bits per heavy atom. The molecule has 100 valence electrons. The molecule has 1 unspecified atom stereocenters. The average Bonchev–Trinajstić information content (AvgIpc) is 2.44. The summed E-state index contributed by atoms with van der Waals surface area (Å²) in [4.78, 5) is 11.3. The number of hydrogen-bond acceptors (Lipinski definition) is 4. The predicted octanol–water partition coefficient (Wildman–Crippen LogP) is 2.14. The molecule has 0 aromatic heterocycles. The number of carbonyl (C=O) groups excluding carboxylic acids is 1. The van der Waals surface area contributed by atoms with E-state index in [1.54, 1.807) is 6.07 Å². The van der Waals surface area contributed by atoms with Gasteiger partial charge in [-0.15, -0.1) is 0 Å². The first-order valence-electron chi connectivity index (χ1n) is 5.95. The molecule has 2 aromatic rings. The first-order valence-corrected chi connectivity index (χ1v) is 5.95. The molecule has 0 saturated carbocycles. The van der Waals surface area contributed by atoms with Gasteiger partial charge in [-0.2, -0.15) is 0 Å². The summed E-state index contributed by atoms with van der Waals surface area (Å²) in [6.07, 6.45) is 0. The normalized spacial score (nSPS) is 13.8. The van der Waals surface area contributed by atoms with Crippen molar-refractivity contribution in [2.75, 3.05) is 13.7 Å². The van der Waals surface area contributed by atoms with E-state index in [4.69, 9.17) is 4.74 Å². The Bertz CT molecular complexity index is 589. The number of esters is 1. The molecule has 0 saturated heterocycles. The van der Waals surface area contributed by atoms with Crippen LogP contribution in [0.3, 0.4) is 0 Å². The van der Waals surface area contributed by atoms with Crippen molar-refractivity contribution >= 4 is 16.7 Å². The Balaban J connectivity index is 2.12. The van der Waals surface area contributed by atoms with Gasteiger partial charge in [-0.1, -0.05) is 30.3 Å². The Labute approximate surface area is 111 Å². The van der Waals surface area contributed by atoms with Gasteiger partial charge in [-0.25, -0.2) is 4.79 Å². The van der Waals surface area contributed by atoms with E-state index in [-0.39, 0.29) is 6.61 Å². The van der Waals surface area contributed by atoms with Gasteiger partial charge in [0.2, 0.25) is 0 Å². The van der Waals surface area contributed by atoms with Crippen molar-refractivity contribution in [1.82, 2.24) is 0 Å². The number of aliphatic hydroxyl groups is 1. The fourth-order valence-electron chi connectivity index (χ4n) is 1.76. The molecule has 2 rings (SSSR count). The predicted molar refractivity (Wildman–Crippen MR) is 72.1 cm³/mol. The summed E-state index contributed by atoms with van der Waals surface area (Å²) in [6.45, 7) is 1.21. The zero-order valence-corrected chi connectivity index (χ0v) is 10.9. The highest BCUT2D eigenvalue weighted by atomic mass is 16.6. The average molecular weight is 260 g/mol. The summed E-state index contributed by atoms with van der Waals surface area (Å²) >= 11 is 0. The van der Waals surface area contributed by atoms with Crippen LogP contribution in [0.2, 0.25) is 0 Å². The van der Waals surface area contributed by atoms with Crippen LogP contribution in [-0.2, 0) is 9.53 Å². The number of rotatable bonds is 4. The fraction of sp³-hybridized carbons (Fsp3) is 0.267. The molecule has 0 spiro atoms. The van der Waals surface area contributed by atoms with Crippen LogP contribution in [0.5, 0.6) is 5.75 Å². The van der Waals surface area contributed by atoms with Crippen LogP contribution < -0.4 is 4.74 Å². The highest BCUT2D eigenvalue weighted by Crippen LogP contribution is 2.21. The lowest BCUT2D eigenvalue weighted by Crippen LogP contribution is -2.42. The van der Waals surface area contributed by atoms with E-state index in [1.165, 1.54) is 14.0 Å². The van der Waals surface area contributed by atoms with Gasteiger partial charge in [0.25, 0.3) is 0 Å². The molecule has 1 N–H and O–H groups in total. The van der Waals surface area contributed by atoms with Crippen LogP contribution in [0, 0.1) is 0 Å². The molecule has 0 aliphatic rings. The van der Waals surface area contributed by atoms with Crippen molar-refractivity contribution in [2.45, 2.75) is 12.5 Å². The number of methoxy groups -OCH3 is 1. The van der Waals surface area contributed by atoms with Crippen LogP contribution in [0.15, 0.2) is 42.5 Å². The molecule has 4 heteroatoms. The first-order chi connectivity index (χ1) is 9.03. The first kappa shape index (κ1) is 13.4. The van der Waals surface area contributed by atoms with E-state index in [2.05, 4.69) is 4.74 Å². The third-order valence-electron chi connectivity index (χ3n) is 2.87. The van der Waals surface area contributed by atoms with Crippen molar-refractivity contribution in [2.24, 2.45) is 0 Å². The molecule has 2 aromatic carbocycles. The SMILES string of the molecule is COC(=O)C(C)(O)COc1ccc2ccccc2c1. The lowest BCUT2D eigenvalue weighted by atomic mass is 10.1. The topological polar surface area (TPSA) is 55.8 Å². The zero-order chi connectivity index (χ0) is 13.9. The Hall–Kier alpha value is -2.07. The maximum Gasteiger partial charge on any atom is 0.341 e. The smallest absolute Gasteiger partial charge is 0.341 e. The quantitative estimate of drug-likeness (QED) is 0.856. The lowest BCUT2D eigenvalue weighted by molar-refractivity contribution is -0.163. The van der Waals surface area contributed by atoms with E-state index in [1.807, 2.05) is 36.4 Å². The number of fused-ring (bicyclic) bond motifs is 1. The second-order valence-corrected chi connectivity index (χ2v) is 4.56. The molecule has 19 heavy (non-hydrogen) atoms. The van der Waals surface area contributed by atoms with Crippen LogP contribution in [0.1, 0.15) is 6.92 Å². The summed E-state index contributed by atoms with van der Waals surface area (Å²) < 4.78 is 9.96. The van der Waals surface area contributed by atoms with Gasteiger partial charge in [0.15, 0.2) is 5.60 Å². The van der Waals surface area contributed by atoms with Crippen LogP contribution in [-0.4, -0.2) is 30.4 Å². The third-order valence-corrected chi connectivity index (χ3v) is 2.87. The number of ether oxygens (including phenoxy) is 2. The largest absolute Gasteiger partial charge is 0.490 e. The molecule has 0 radical (unpaired) electrons. The van der Waals surface area contributed by atoms with Crippen LogP contribution in [0.25, 0.3) is 10.8 Å². The van der Waals surface area contributed by atoms with Gasteiger partial charge in [-0.05, 0) is 29.8 Å². The van der Waals surface area contributed by atoms with E-state index < -0.39 is 11.6 Å². The van der Waals surface area contributed by atoms with Gasteiger partial charge in [-0.3, -0.25) is 0 Å². The van der Waals surface area contributed by atoms with E-state index >= 15 is 0 Å². The number of hydrogen-bond donors (Lipinski definition) is 1. The van der Waals surface area contributed by atoms with Crippen molar-refractivity contribution in [3.05, 3.63) is 42.5 Å². The lowest BCUT2D eigenvalue weighted by Gasteiger charge is -2.20. The summed E-state index contributed by atoms with van der Waals surface area (Å²) in [5.41, 5.74) is -1.65. The number of carbonyl (C=O) groups is 1. The summed E-state index contributed by atoms with van der Waals surface area (Å²) in [6, 6.07) is 13.5. The highest BCUT2D eigenvalue weighted by molar-refractivity contribution is 5.83. The van der Waals surface area contributed by atoms with Crippen LogP contribution in [0.4, 0.5) is 0 Å². The minimum absolute atomic E-state index is 0.155. The summed E-state index contributed by atoms with van der Waals surface area (Å²) in [5, 5.41) is 12.0. The molecule has 1 atom stereocenters. The molecular formula is C15H16O4. The fourth-order valence-corrected chi connectivity index (χ4v) is 1.76. The Kier molecular flexibility index (Phi) is 3.71. The molecule has 4 nitrogen and oxygen atoms in total. The van der Waals surface area contributed by atoms with Crippen molar-refractivity contribution in [3.63, 3.8) is 0 Å².